The Morgan fingerprint density at radius 2 is 1.19 bits per heavy atom. The van der Waals surface area contributed by atoms with Crippen LogP contribution in [-0.2, 0) is 6.42 Å². The summed E-state index contributed by atoms with van der Waals surface area (Å²) in [5.74, 6) is 0. The van der Waals surface area contributed by atoms with Crippen LogP contribution in [0.15, 0.2) is 58.8 Å². The lowest BCUT2D eigenvalue weighted by Gasteiger charge is -2.06. The third-order valence-corrected chi connectivity index (χ3v) is 4.60. The summed E-state index contributed by atoms with van der Waals surface area (Å²) in [5.41, 5.74) is 4.25. The number of azo groups is 1. The van der Waals surface area contributed by atoms with E-state index in [1.54, 1.807) is 0 Å². The number of benzene rings is 2. The molecule has 140 valence electrons. The smallest absolute Gasteiger partial charge is 0.0858 e. The first-order valence-electron chi connectivity index (χ1n) is 10.2. The zero-order chi connectivity index (χ0) is 18.5. The van der Waals surface area contributed by atoms with Gasteiger partial charge in [0.1, 0.15) is 0 Å². The minimum atomic E-state index is 0.881. The number of nitrogens with zero attached hydrogens (tertiary/aromatic N) is 2. The van der Waals surface area contributed by atoms with Crippen LogP contribution < -0.4 is 5.32 Å². The zero-order valence-electron chi connectivity index (χ0n) is 16.4. The predicted octanol–water partition coefficient (Wildman–Crippen LogP) is 7.83. The highest BCUT2D eigenvalue weighted by Gasteiger charge is 1.95. The number of aryl methyl sites for hydroxylation is 1. The van der Waals surface area contributed by atoms with Crippen LogP contribution in [0.2, 0.25) is 0 Å². The van der Waals surface area contributed by atoms with Gasteiger partial charge >= 0.3 is 0 Å². The van der Waals surface area contributed by atoms with Crippen molar-refractivity contribution in [3.05, 3.63) is 54.1 Å². The zero-order valence-corrected chi connectivity index (χ0v) is 16.4. The molecule has 0 radical (unpaired) electrons. The molecule has 0 aliphatic heterocycles. The fourth-order valence-electron chi connectivity index (χ4n) is 2.87. The van der Waals surface area contributed by atoms with Gasteiger partial charge in [-0.1, -0.05) is 64.5 Å². The molecule has 0 saturated carbocycles. The fourth-order valence-corrected chi connectivity index (χ4v) is 2.87. The van der Waals surface area contributed by atoms with Crippen molar-refractivity contribution in [2.24, 2.45) is 10.2 Å². The van der Waals surface area contributed by atoms with Crippen LogP contribution in [0.25, 0.3) is 0 Å². The summed E-state index contributed by atoms with van der Waals surface area (Å²) in [6.45, 7) is 5.46. The van der Waals surface area contributed by atoms with Gasteiger partial charge in [0, 0.05) is 12.2 Å². The Balaban J connectivity index is 1.68. The Hall–Kier alpha value is -2.16. The van der Waals surface area contributed by atoms with E-state index < -0.39 is 0 Å². The van der Waals surface area contributed by atoms with Gasteiger partial charge in [0.25, 0.3) is 0 Å². The summed E-state index contributed by atoms with van der Waals surface area (Å²) < 4.78 is 0. The van der Waals surface area contributed by atoms with Crippen molar-refractivity contribution in [2.75, 3.05) is 11.9 Å². The number of hydrogen-bond donors (Lipinski definition) is 1. The number of hydrogen-bond acceptors (Lipinski definition) is 3. The van der Waals surface area contributed by atoms with E-state index >= 15 is 0 Å². The Bertz CT molecular complexity index is 630. The van der Waals surface area contributed by atoms with Gasteiger partial charge in [0.15, 0.2) is 0 Å². The average Bonchev–Trinajstić information content (AvgIpc) is 2.69. The second-order valence-electron chi connectivity index (χ2n) is 6.81. The van der Waals surface area contributed by atoms with E-state index in [0.29, 0.717) is 0 Å². The van der Waals surface area contributed by atoms with E-state index in [2.05, 4.69) is 53.7 Å². The lowest BCUT2D eigenvalue weighted by molar-refractivity contribution is 0.596. The monoisotopic (exact) mass is 351 g/mol. The van der Waals surface area contributed by atoms with E-state index in [1.165, 1.54) is 50.5 Å². The van der Waals surface area contributed by atoms with Crippen LogP contribution in [-0.4, -0.2) is 6.54 Å². The molecule has 2 rings (SSSR count). The van der Waals surface area contributed by atoms with E-state index in [4.69, 9.17) is 0 Å². The average molecular weight is 352 g/mol. The number of unbranched alkanes of at least 4 members (excludes halogenated alkanes) is 6. The molecule has 0 fully saturated rings. The maximum Gasteiger partial charge on any atom is 0.0858 e. The molecular formula is C23H33N3. The van der Waals surface area contributed by atoms with E-state index in [1.807, 2.05) is 24.3 Å². The molecule has 3 nitrogen and oxygen atoms in total. The second-order valence-corrected chi connectivity index (χ2v) is 6.81. The van der Waals surface area contributed by atoms with E-state index in [0.717, 1.165) is 30.0 Å². The van der Waals surface area contributed by atoms with Crippen LogP contribution in [0.1, 0.15) is 64.4 Å². The fraction of sp³-hybridized carbons (Fsp3) is 0.478. The van der Waals surface area contributed by atoms with Gasteiger partial charge in [-0.3, -0.25) is 0 Å². The maximum absolute atomic E-state index is 4.32. The highest BCUT2D eigenvalue weighted by molar-refractivity contribution is 5.51. The van der Waals surface area contributed by atoms with Crippen molar-refractivity contribution in [3.63, 3.8) is 0 Å². The topological polar surface area (TPSA) is 36.8 Å². The molecule has 26 heavy (non-hydrogen) atoms. The molecule has 0 spiro atoms. The van der Waals surface area contributed by atoms with Crippen molar-refractivity contribution in [1.82, 2.24) is 0 Å². The molecule has 0 bridgehead atoms. The summed E-state index contributed by atoms with van der Waals surface area (Å²) in [5, 5.41) is 12.1. The van der Waals surface area contributed by atoms with Crippen molar-refractivity contribution < 1.29 is 0 Å². The Morgan fingerprint density at radius 3 is 1.77 bits per heavy atom. The Labute approximate surface area is 158 Å². The van der Waals surface area contributed by atoms with Crippen LogP contribution in [0.3, 0.4) is 0 Å². The first kappa shape index (κ1) is 20.2. The van der Waals surface area contributed by atoms with Crippen LogP contribution >= 0.6 is 0 Å². The number of rotatable bonds is 12. The lowest BCUT2D eigenvalue weighted by Crippen LogP contribution is -2.00. The molecule has 2 aromatic rings. The van der Waals surface area contributed by atoms with Gasteiger partial charge < -0.3 is 5.32 Å². The molecular weight excluding hydrogens is 318 g/mol. The summed E-state index contributed by atoms with van der Waals surface area (Å²) in [4.78, 5) is 0. The molecule has 0 aliphatic carbocycles. The minimum Gasteiger partial charge on any atom is -0.385 e. The third-order valence-electron chi connectivity index (χ3n) is 4.60. The van der Waals surface area contributed by atoms with Gasteiger partial charge in [-0.15, -0.1) is 0 Å². The van der Waals surface area contributed by atoms with Gasteiger partial charge in [0.05, 0.1) is 11.4 Å². The molecule has 0 unspecified atom stereocenters. The van der Waals surface area contributed by atoms with Gasteiger partial charge in [-0.2, -0.15) is 10.2 Å². The molecule has 1 N–H and O–H groups in total. The SMILES string of the molecule is CCCCCCCCCNc1ccc(N=Nc2ccc(CC)cc2)cc1. The highest BCUT2D eigenvalue weighted by Crippen LogP contribution is 2.21. The van der Waals surface area contributed by atoms with Crippen LogP contribution in [0.4, 0.5) is 17.1 Å². The maximum atomic E-state index is 4.32. The molecule has 0 heterocycles. The first-order chi connectivity index (χ1) is 12.8. The molecule has 0 atom stereocenters. The van der Waals surface area contributed by atoms with Crippen molar-refractivity contribution in [1.29, 1.82) is 0 Å². The summed E-state index contributed by atoms with van der Waals surface area (Å²) in [6, 6.07) is 16.4. The normalized spacial score (nSPS) is 11.2. The van der Waals surface area contributed by atoms with E-state index in [-0.39, 0.29) is 0 Å². The molecule has 0 aromatic heterocycles. The Morgan fingerprint density at radius 1 is 0.654 bits per heavy atom. The first-order valence-corrected chi connectivity index (χ1v) is 10.2. The molecule has 2 aromatic carbocycles. The minimum absolute atomic E-state index is 0.881. The van der Waals surface area contributed by atoms with Gasteiger partial charge in [-0.25, -0.2) is 0 Å². The third kappa shape index (κ3) is 7.81. The predicted molar refractivity (Wildman–Crippen MR) is 113 cm³/mol. The van der Waals surface area contributed by atoms with E-state index in [9.17, 15) is 0 Å². The number of anilines is 1. The summed E-state index contributed by atoms with van der Waals surface area (Å²) in [6.07, 6.45) is 10.4. The second kappa shape index (κ2) is 12.2. The van der Waals surface area contributed by atoms with Crippen molar-refractivity contribution >= 4 is 17.1 Å². The lowest BCUT2D eigenvalue weighted by atomic mass is 10.1. The molecule has 0 amide bonds. The highest BCUT2D eigenvalue weighted by atomic mass is 15.1. The van der Waals surface area contributed by atoms with Crippen molar-refractivity contribution in [3.8, 4) is 0 Å². The number of nitrogens with one attached hydrogen (secondary N) is 1. The molecule has 0 saturated heterocycles. The molecule has 3 heteroatoms. The summed E-state index contributed by atoms with van der Waals surface area (Å²) in [7, 11) is 0. The van der Waals surface area contributed by atoms with Crippen LogP contribution in [0.5, 0.6) is 0 Å². The quantitative estimate of drug-likeness (QED) is 0.307. The van der Waals surface area contributed by atoms with Crippen LogP contribution in [0, 0.1) is 0 Å². The largest absolute Gasteiger partial charge is 0.385 e. The van der Waals surface area contributed by atoms with Crippen molar-refractivity contribution in [2.45, 2.75) is 65.2 Å². The Kier molecular flexibility index (Phi) is 9.48. The van der Waals surface area contributed by atoms with Gasteiger partial charge in [-0.05, 0) is 54.8 Å². The molecule has 0 aliphatic rings. The van der Waals surface area contributed by atoms with Gasteiger partial charge in [0.2, 0.25) is 0 Å². The standard InChI is InChI=1S/C23H33N3/c1-3-5-6-7-8-9-10-19-24-21-15-17-23(18-16-21)26-25-22-13-11-20(4-2)12-14-22/h11-18,24H,3-10,19H2,1-2H3. The summed E-state index contributed by atoms with van der Waals surface area (Å²) >= 11 is 0.